The monoisotopic (exact) mass is 254 g/mol. The standard InChI is InChI=1S/C11H14N2OS2/c1-2-7-8(12)10-11(16-7)9(13-14-10)6-3-4-15-5-6/h6H,2-5,12H2,1H3. The minimum absolute atomic E-state index is 0.564. The summed E-state index contributed by atoms with van der Waals surface area (Å²) < 4.78 is 6.58. The zero-order chi connectivity index (χ0) is 11.1. The molecule has 1 fully saturated rings. The van der Waals surface area contributed by atoms with Crippen LogP contribution < -0.4 is 5.73 Å². The van der Waals surface area contributed by atoms with Gasteiger partial charge < -0.3 is 10.3 Å². The molecule has 0 aliphatic carbocycles. The van der Waals surface area contributed by atoms with E-state index < -0.39 is 0 Å². The Balaban J connectivity index is 2.11. The van der Waals surface area contributed by atoms with Crippen LogP contribution in [0.25, 0.3) is 10.3 Å². The van der Waals surface area contributed by atoms with Crippen molar-refractivity contribution < 1.29 is 4.52 Å². The van der Waals surface area contributed by atoms with Gasteiger partial charge >= 0.3 is 0 Å². The van der Waals surface area contributed by atoms with E-state index in [4.69, 9.17) is 10.3 Å². The first-order valence-electron chi connectivity index (χ1n) is 5.55. The van der Waals surface area contributed by atoms with Gasteiger partial charge in [0.15, 0.2) is 0 Å². The predicted octanol–water partition coefficient (Wildman–Crippen LogP) is 3.25. The van der Waals surface area contributed by atoms with Gasteiger partial charge in [-0.2, -0.15) is 11.8 Å². The van der Waals surface area contributed by atoms with E-state index in [2.05, 4.69) is 12.1 Å². The number of nitrogen functional groups attached to an aromatic ring is 1. The van der Waals surface area contributed by atoms with Gasteiger partial charge in [-0.05, 0) is 18.6 Å². The van der Waals surface area contributed by atoms with Crippen LogP contribution in [0, 0.1) is 0 Å². The van der Waals surface area contributed by atoms with Gasteiger partial charge in [0.05, 0.1) is 5.69 Å². The van der Waals surface area contributed by atoms with E-state index in [0.29, 0.717) is 5.92 Å². The molecule has 0 saturated carbocycles. The summed E-state index contributed by atoms with van der Waals surface area (Å²) in [6.07, 6.45) is 2.19. The minimum atomic E-state index is 0.564. The van der Waals surface area contributed by atoms with Crippen molar-refractivity contribution in [3.8, 4) is 0 Å². The number of nitrogens with zero attached hydrogens (tertiary/aromatic N) is 1. The Labute approximate surface area is 102 Å². The molecule has 1 saturated heterocycles. The van der Waals surface area contributed by atoms with Crippen LogP contribution in [-0.2, 0) is 6.42 Å². The molecule has 1 aliphatic heterocycles. The summed E-state index contributed by atoms with van der Waals surface area (Å²) in [6.45, 7) is 2.12. The van der Waals surface area contributed by atoms with Crippen LogP contribution in [0.2, 0.25) is 0 Å². The molecule has 16 heavy (non-hydrogen) atoms. The molecule has 1 unspecified atom stereocenters. The lowest BCUT2D eigenvalue weighted by atomic mass is 10.1. The van der Waals surface area contributed by atoms with Gasteiger partial charge in [0.25, 0.3) is 0 Å². The second-order valence-electron chi connectivity index (χ2n) is 4.08. The van der Waals surface area contributed by atoms with Crippen molar-refractivity contribution in [1.29, 1.82) is 0 Å². The van der Waals surface area contributed by atoms with Gasteiger partial charge in [0.2, 0.25) is 5.58 Å². The topological polar surface area (TPSA) is 52.0 Å². The van der Waals surface area contributed by atoms with Crippen LogP contribution in [-0.4, -0.2) is 16.7 Å². The SMILES string of the molecule is CCc1sc2c(C3CCSC3)noc2c1N. The molecular weight excluding hydrogens is 240 g/mol. The smallest absolute Gasteiger partial charge is 0.201 e. The summed E-state index contributed by atoms with van der Waals surface area (Å²) in [4.78, 5) is 1.23. The van der Waals surface area contributed by atoms with Crippen LogP contribution >= 0.6 is 23.1 Å². The number of fused-ring (bicyclic) bond motifs is 1. The van der Waals surface area contributed by atoms with Crippen molar-refractivity contribution in [3.63, 3.8) is 0 Å². The van der Waals surface area contributed by atoms with Gasteiger partial charge in [-0.1, -0.05) is 12.1 Å². The Bertz CT molecular complexity index is 511. The molecule has 0 bridgehead atoms. The molecule has 3 rings (SSSR count). The van der Waals surface area contributed by atoms with Crippen LogP contribution in [0.3, 0.4) is 0 Å². The van der Waals surface area contributed by atoms with Crippen LogP contribution in [0.15, 0.2) is 4.52 Å². The van der Waals surface area contributed by atoms with E-state index in [1.165, 1.54) is 27.5 Å². The maximum atomic E-state index is 6.03. The Kier molecular flexibility index (Phi) is 2.59. The summed E-state index contributed by atoms with van der Waals surface area (Å²) in [5.41, 5.74) is 8.78. The molecule has 5 heteroatoms. The molecule has 0 amide bonds. The lowest BCUT2D eigenvalue weighted by molar-refractivity contribution is 0.440. The summed E-state index contributed by atoms with van der Waals surface area (Å²) in [5.74, 6) is 2.97. The van der Waals surface area contributed by atoms with Crippen LogP contribution in [0.4, 0.5) is 5.69 Å². The van der Waals surface area contributed by atoms with Crippen molar-refractivity contribution in [2.45, 2.75) is 25.7 Å². The second-order valence-corrected chi connectivity index (χ2v) is 6.33. The first-order chi connectivity index (χ1) is 7.81. The Morgan fingerprint density at radius 1 is 1.56 bits per heavy atom. The molecule has 3 nitrogen and oxygen atoms in total. The highest BCUT2D eigenvalue weighted by Gasteiger charge is 2.26. The van der Waals surface area contributed by atoms with E-state index in [9.17, 15) is 0 Å². The number of anilines is 1. The highest BCUT2D eigenvalue weighted by molar-refractivity contribution is 7.99. The van der Waals surface area contributed by atoms with Crippen molar-refractivity contribution in [1.82, 2.24) is 5.16 Å². The van der Waals surface area contributed by atoms with E-state index in [-0.39, 0.29) is 0 Å². The molecule has 2 aromatic heterocycles. The molecule has 86 valence electrons. The molecule has 3 heterocycles. The zero-order valence-electron chi connectivity index (χ0n) is 9.16. The minimum Gasteiger partial charge on any atom is -0.395 e. The summed E-state index contributed by atoms with van der Waals surface area (Å²) in [6, 6.07) is 0. The molecular formula is C11H14N2OS2. The fourth-order valence-corrected chi connectivity index (χ4v) is 4.51. The van der Waals surface area contributed by atoms with E-state index in [1.54, 1.807) is 11.3 Å². The summed E-state index contributed by atoms with van der Waals surface area (Å²) >= 11 is 3.75. The molecule has 0 spiro atoms. The van der Waals surface area contributed by atoms with Crippen LogP contribution in [0.1, 0.15) is 29.8 Å². The third-order valence-electron chi connectivity index (χ3n) is 3.08. The fraction of sp³-hybridized carbons (Fsp3) is 0.545. The number of thioether (sulfide) groups is 1. The van der Waals surface area contributed by atoms with E-state index >= 15 is 0 Å². The Morgan fingerprint density at radius 2 is 2.44 bits per heavy atom. The van der Waals surface area contributed by atoms with Gasteiger partial charge in [0, 0.05) is 16.5 Å². The van der Waals surface area contributed by atoms with Crippen molar-refractivity contribution in [2.24, 2.45) is 0 Å². The number of hydrogen-bond donors (Lipinski definition) is 1. The van der Waals surface area contributed by atoms with E-state index in [1.807, 2.05) is 11.8 Å². The maximum Gasteiger partial charge on any atom is 0.201 e. The van der Waals surface area contributed by atoms with Crippen molar-refractivity contribution in [3.05, 3.63) is 10.6 Å². The second kappa shape index (κ2) is 3.96. The number of aromatic nitrogens is 1. The zero-order valence-corrected chi connectivity index (χ0v) is 10.8. The number of hydrogen-bond acceptors (Lipinski definition) is 5. The Morgan fingerprint density at radius 3 is 3.12 bits per heavy atom. The van der Waals surface area contributed by atoms with Gasteiger partial charge in [-0.25, -0.2) is 0 Å². The van der Waals surface area contributed by atoms with Gasteiger partial charge in [-0.15, -0.1) is 11.3 Å². The summed E-state index contributed by atoms with van der Waals surface area (Å²) in [5, 5.41) is 4.22. The third kappa shape index (κ3) is 1.45. The van der Waals surface area contributed by atoms with Crippen LogP contribution in [0.5, 0.6) is 0 Å². The lowest BCUT2D eigenvalue weighted by Crippen LogP contribution is -1.95. The molecule has 2 N–H and O–H groups in total. The number of nitrogens with two attached hydrogens (primary N) is 1. The number of thiophene rings is 1. The fourth-order valence-electron chi connectivity index (χ4n) is 2.14. The predicted molar refractivity (Wildman–Crippen MR) is 70.4 cm³/mol. The first kappa shape index (κ1) is 10.5. The van der Waals surface area contributed by atoms with Gasteiger partial charge in [0.1, 0.15) is 10.4 Å². The van der Waals surface area contributed by atoms with Gasteiger partial charge in [-0.3, -0.25) is 0 Å². The molecule has 2 aromatic rings. The average Bonchev–Trinajstić information content (AvgIpc) is 2.96. The largest absolute Gasteiger partial charge is 0.395 e. The lowest BCUT2D eigenvalue weighted by Gasteiger charge is -2.01. The highest BCUT2D eigenvalue weighted by atomic mass is 32.2. The first-order valence-corrected chi connectivity index (χ1v) is 7.52. The van der Waals surface area contributed by atoms with Crippen molar-refractivity contribution >= 4 is 39.1 Å². The quantitative estimate of drug-likeness (QED) is 0.893. The number of aryl methyl sites for hydroxylation is 1. The normalized spacial score (nSPS) is 20.9. The average molecular weight is 254 g/mol. The molecule has 0 radical (unpaired) electrons. The summed E-state index contributed by atoms with van der Waals surface area (Å²) in [7, 11) is 0. The molecule has 1 aliphatic rings. The highest BCUT2D eigenvalue weighted by Crippen LogP contribution is 2.42. The number of rotatable bonds is 2. The Hall–Kier alpha value is -0.680. The maximum absolute atomic E-state index is 6.03. The third-order valence-corrected chi connectivity index (χ3v) is 5.60. The van der Waals surface area contributed by atoms with Crippen molar-refractivity contribution in [2.75, 3.05) is 17.2 Å². The van der Waals surface area contributed by atoms with E-state index in [0.717, 1.165) is 23.4 Å². The molecule has 0 aromatic carbocycles. The molecule has 1 atom stereocenters.